The second-order valence-electron chi connectivity index (χ2n) is 5.74. The quantitative estimate of drug-likeness (QED) is 0.369. The maximum atomic E-state index is 12.2. The highest BCUT2D eigenvalue weighted by Gasteiger charge is 2.14. The molecule has 1 N–H and O–H groups in total. The van der Waals surface area contributed by atoms with Crippen molar-refractivity contribution in [1.82, 2.24) is 14.8 Å². The third-order valence-corrected chi connectivity index (χ3v) is 4.88. The number of carbonyl (C=O) groups is 1. The van der Waals surface area contributed by atoms with Gasteiger partial charge in [-0.25, -0.2) is 0 Å². The molecule has 0 saturated carbocycles. The molecule has 0 atom stereocenters. The first-order chi connectivity index (χ1) is 13.5. The lowest BCUT2D eigenvalue weighted by Crippen LogP contribution is -2.14. The van der Waals surface area contributed by atoms with Gasteiger partial charge in [-0.15, -0.1) is 10.2 Å². The number of methoxy groups -OCH3 is 1. The lowest BCUT2D eigenvalue weighted by Gasteiger charge is -2.06. The van der Waals surface area contributed by atoms with Gasteiger partial charge in [-0.05, 0) is 30.3 Å². The number of carbonyl (C=O) groups excluding carboxylic acids is 1. The van der Waals surface area contributed by atoms with Crippen LogP contribution in [0.5, 0.6) is 5.75 Å². The van der Waals surface area contributed by atoms with Gasteiger partial charge in [0, 0.05) is 30.4 Å². The van der Waals surface area contributed by atoms with Crippen LogP contribution in [0.1, 0.15) is 0 Å². The van der Waals surface area contributed by atoms with E-state index in [9.17, 15) is 14.9 Å². The van der Waals surface area contributed by atoms with Gasteiger partial charge in [0.25, 0.3) is 5.69 Å². The minimum absolute atomic E-state index is 0.0807. The number of benzene rings is 2. The molecular weight excluding hydrogens is 382 g/mol. The summed E-state index contributed by atoms with van der Waals surface area (Å²) in [6.45, 7) is 0. The highest BCUT2D eigenvalue weighted by atomic mass is 32.2. The highest BCUT2D eigenvalue weighted by Crippen LogP contribution is 2.24. The summed E-state index contributed by atoms with van der Waals surface area (Å²) in [6.07, 6.45) is 0. The van der Waals surface area contributed by atoms with Gasteiger partial charge in [-0.2, -0.15) is 0 Å². The van der Waals surface area contributed by atoms with E-state index in [1.54, 1.807) is 17.7 Å². The lowest BCUT2D eigenvalue weighted by molar-refractivity contribution is -0.384. The molecule has 0 saturated heterocycles. The Bertz CT molecular complexity index is 1000. The molecule has 28 heavy (non-hydrogen) atoms. The van der Waals surface area contributed by atoms with Crippen LogP contribution in [-0.4, -0.2) is 38.5 Å². The summed E-state index contributed by atoms with van der Waals surface area (Å²) in [5.74, 6) is 1.22. The van der Waals surface area contributed by atoms with Crippen LogP contribution in [-0.2, 0) is 11.8 Å². The first-order valence-electron chi connectivity index (χ1n) is 8.19. The van der Waals surface area contributed by atoms with E-state index in [-0.39, 0.29) is 17.3 Å². The van der Waals surface area contributed by atoms with Crippen molar-refractivity contribution in [3.8, 4) is 17.1 Å². The van der Waals surface area contributed by atoms with Crippen LogP contribution in [0.2, 0.25) is 0 Å². The molecule has 1 heterocycles. The van der Waals surface area contributed by atoms with E-state index in [1.165, 1.54) is 30.0 Å². The largest absolute Gasteiger partial charge is 0.497 e. The maximum absolute atomic E-state index is 12.2. The number of rotatable bonds is 7. The van der Waals surface area contributed by atoms with Crippen molar-refractivity contribution >= 4 is 29.0 Å². The average molecular weight is 399 g/mol. The smallest absolute Gasteiger partial charge is 0.271 e. The predicted octanol–water partition coefficient (Wildman–Crippen LogP) is 3.13. The maximum Gasteiger partial charge on any atom is 0.271 e. The Hall–Kier alpha value is -3.40. The van der Waals surface area contributed by atoms with Crippen LogP contribution in [0.3, 0.4) is 0 Å². The third kappa shape index (κ3) is 4.46. The van der Waals surface area contributed by atoms with Crippen molar-refractivity contribution in [2.24, 2.45) is 7.05 Å². The van der Waals surface area contributed by atoms with Gasteiger partial charge in [-0.3, -0.25) is 14.9 Å². The summed E-state index contributed by atoms with van der Waals surface area (Å²) in [5.41, 5.74) is 1.17. The molecule has 0 radical (unpaired) electrons. The fourth-order valence-corrected chi connectivity index (χ4v) is 3.17. The number of aromatic nitrogens is 3. The SMILES string of the molecule is COc1ccc(-c2nnc(SCC(=O)Nc3cccc([N+](=O)[O-])c3)n2C)cc1. The number of nitro benzene ring substituents is 1. The normalized spacial score (nSPS) is 10.5. The Morgan fingerprint density at radius 2 is 2.00 bits per heavy atom. The van der Waals surface area contributed by atoms with Crippen molar-refractivity contribution < 1.29 is 14.5 Å². The number of anilines is 1. The lowest BCUT2D eigenvalue weighted by atomic mass is 10.2. The Morgan fingerprint density at radius 3 is 2.68 bits per heavy atom. The minimum atomic E-state index is -0.509. The van der Waals surface area contributed by atoms with Gasteiger partial charge in [0.15, 0.2) is 11.0 Å². The number of ether oxygens (including phenoxy) is 1. The topological polar surface area (TPSA) is 112 Å². The summed E-state index contributed by atoms with van der Waals surface area (Å²) in [7, 11) is 3.42. The van der Waals surface area contributed by atoms with Crippen molar-refractivity contribution in [1.29, 1.82) is 0 Å². The monoisotopic (exact) mass is 399 g/mol. The van der Waals surface area contributed by atoms with E-state index in [0.717, 1.165) is 11.3 Å². The molecule has 1 aromatic heterocycles. The summed E-state index contributed by atoms with van der Waals surface area (Å²) in [6, 6.07) is 13.2. The third-order valence-electron chi connectivity index (χ3n) is 3.86. The van der Waals surface area contributed by atoms with Gasteiger partial charge < -0.3 is 14.6 Å². The van der Waals surface area contributed by atoms with Crippen molar-refractivity contribution in [2.75, 3.05) is 18.2 Å². The molecule has 0 bridgehead atoms. The van der Waals surface area contributed by atoms with Gasteiger partial charge in [0.2, 0.25) is 5.91 Å². The van der Waals surface area contributed by atoms with E-state index < -0.39 is 4.92 Å². The van der Waals surface area contributed by atoms with Gasteiger partial charge in [0.1, 0.15) is 5.75 Å². The molecule has 9 nitrogen and oxygen atoms in total. The van der Waals surface area contributed by atoms with Crippen LogP contribution < -0.4 is 10.1 Å². The molecule has 0 aliphatic carbocycles. The average Bonchev–Trinajstić information content (AvgIpc) is 3.07. The fraction of sp³-hybridized carbons (Fsp3) is 0.167. The number of hydrogen-bond donors (Lipinski definition) is 1. The van der Waals surface area contributed by atoms with E-state index in [4.69, 9.17) is 4.74 Å². The molecule has 0 unspecified atom stereocenters. The van der Waals surface area contributed by atoms with Crippen LogP contribution in [0.25, 0.3) is 11.4 Å². The van der Waals surface area contributed by atoms with E-state index >= 15 is 0 Å². The minimum Gasteiger partial charge on any atom is -0.497 e. The summed E-state index contributed by atoms with van der Waals surface area (Å²) >= 11 is 1.23. The molecule has 0 aliphatic heterocycles. The first kappa shape index (κ1) is 19.4. The number of nitrogens with one attached hydrogen (secondary N) is 1. The molecule has 0 spiro atoms. The number of hydrogen-bond acceptors (Lipinski definition) is 7. The Kier molecular flexibility index (Phi) is 5.90. The molecule has 2 aromatic carbocycles. The number of thioether (sulfide) groups is 1. The molecule has 3 rings (SSSR count). The number of nitrogens with zero attached hydrogens (tertiary/aromatic N) is 4. The van der Waals surface area contributed by atoms with Gasteiger partial charge >= 0.3 is 0 Å². The van der Waals surface area contributed by atoms with Crippen molar-refractivity contribution in [3.63, 3.8) is 0 Å². The zero-order chi connectivity index (χ0) is 20.1. The van der Waals surface area contributed by atoms with Crippen LogP contribution in [0.4, 0.5) is 11.4 Å². The van der Waals surface area contributed by atoms with E-state index in [2.05, 4.69) is 15.5 Å². The number of non-ortho nitro benzene ring substituents is 1. The van der Waals surface area contributed by atoms with Gasteiger partial charge in [0.05, 0.1) is 17.8 Å². The highest BCUT2D eigenvalue weighted by molar-refractivity contribution is 7.99. The second kappa shape index (κ2) is 8.53. The molecule has 0 fully saturated rings. The molecule has 1 amide bonds. The zero-order valence-electron chi connectivity index (χ0n) is 15.2. The molecular formula is C18H17N5O4S. The standard InChI is InChI=1S/C18H17N5O4S/c1-22-17(12-6-8-15(27-2)9-7-12)20-21-18(22)28-11-16(24)19-13-4-3-5-14(10-13)23(25)26/h3-10H,11H2,1-2H3,(H,19,24). The predicted molar refractivity (Wildman–Crippen MR) is 105 cm³/mol. The fourth-order valence-electron chi connectivity index (χ4n) is 2.46. The van der Waals surface area contributed by atoms with E-state index in [0.29, 0.717) is 16.7 Å². The van der Waals surface area contributed by atoms with Gasteiger partial charge in [-0.1, -0.05) is 17.8 Å². The Balaban J connectivity index is 1.63. The Morgan fingerprint density at radius 1 is 1.25 bits per heavy atom. The Labute approximate surface area is 164 Å². The summed E-state index contributed by atoms with van der Waals surface area (Å²) < 4.78 is 6.94. The van der Waals surface area contributed by atoms with Crippen LogP contribution >= 0.6 is 11.8 Å². The molecule has 144 valence electrons. The molecule has 0 aliphatic rings. The summed E-state index contributed by atoms with van der Waals surface area (Å²) in [5, 5.41) is 22.3. The van der Waals surface area contributed by atoms with E-state index in [1.807, 2.05) is 31.3 Å². The van der Waals surface area contributed by atoms with Crippen molar-refractivity contribution in [2.45, 2.75) is 5.16 Å². The number of nitro groups is 1. The van der Waals surface area contributed by atoms with Crippen molar-refractivity contribution in [3.05, 3.63) is 58.6 Å². The molecule has 10 heteroatoms. The second-order valence-corrected chi connectivity index (χ2v) is 6.68. The number of amides is 1. The zero-order valence-corrected chi connectivity index (χ0v) is 16.0. The van der Waals surface area contributed by atoms with Crippen LogP contribution in [0.15, 0.2) is 53.7 Å². The summed E-state index contributed by atoms with van der Waals surface area (Å²) in [4.78, 5) is 22.4. The first-order valence-corrected chi connectivity index (χ1v) is 9.17. The van der Waals surface area contributed by atoms with Crippen LogP contribution in [0, 0.1) is 10.1 Å². The molecule has 3 aromatic rings.